The monoisotopic (exact) mass is 543 g/mol. The fraction of sp³-hybridized carbons (Fsp3) is 0.100. The third-order valence-corrected chi connectivity index (χ3v) is 5.99. The van der Waals surface area contributed by atoms with E-state index < -0.39 is 5.97 Å². The lowest BCUT2D eigenvalue weighted by Gasteiger charge is -2.12. The van der Waals surface area contributed by atoms with Gasteiger partial charge in [-0.3, -0.25) is 0 Å². The van der Waals surface area contributed by atoms with Gasteiger partial charge < -0.3 is 19.2 Å². The van der Waals surface area contributed by atoms with Gasteiger partial charge in [0.15, 0.2) is 0 Å². The largest absolute Gasteiger partial charge is 0.487 e. The Hall–Kier alpha value is -4.69. The van der Waals surface area contributed by atoms with E-state index in [9.17, 15) is 9.18 Å². The van der Waals surface area contributed by atoms with Gasteiger partial charge >= 0.3 is 5.97 Å². The number of hydrogen-bond donors (Lipinski definition) is 1. The second-order valence-corrected chi connectivity index (χ2v) is 8.84. The summed E-state index contributed by atoms with van der Waals surface area (Å²) in [4.78, 5) is 20.4. The van der Waals surface area contributed by atoms with E-state index in [-0.39, 0.29) is 12.4 Å². The van der Waals surface area contributed by atoms with E-state index in [1.807, 2.05) is 30.3 Å². The quantitative estimate of drug-likeness (QED) is 0.151. The second-order valence-electron chi connectivity index (χ2n) is 8.43. The molecule has 0 atom stereocenters. The van der Waals surface area contributed by atoms with Gasteiger partial charge in [0.25, 0.3) is 0 Å². The third kappa shape index (κ3) is 6.42. The summed E-state index contributed by atoms with van der Waals surface area (Å²) in [6.07, 6.45) is 4.37. The molecular formula is C30H23ClFN3O4. The highest BCUT2D eigenvalue weighted by Crippen LogP contribution is 2.33. The Bertz CT molecular complexity index is 1670. The number of rotatable bonds is 9. The zero-order valence-corrected chi connectivity index (χ0v) is 21.6. The van der Waals surface area contributed by atoms with E-state index >= 15 is 0 Å². The molecule has 3 aromatic carbocycles. The van der Waals surface area contributed by atoms with Crippen LogP contribution in [0.2, 0.25) is 5.02 Å². The lowest BCUT2D eigenvalue weighted by atomic mass is 10.1. The number of hydrogen-bond acceptors (Lipinski definition) is 7. The summed E-state index contributed by atoms with van der Waals surface area (Å²) in [6, 6.07) is 20.8. The van der Waals surface area contributed by atoms with Gasteiger partial charge in [-0.2, -0.15) is 0 Å². The lowest BCUT2D eigenvalue weighted by molar-refractivity contribution is -0.137. The van der Waals surface area contributed by atoms with E-state index in [0.29, 0.717) is 46.0 Å². The molecule has 0 saturated carbocycles. The number of fused-ring (bicyclic) bond motifs is 1. The van der Waals surface area contributed by atoms with Crippen molar-refractivity contribution in [3.8, 4) is 17.1 Å². The summed E-state index contributed by atoms with van der Waals surface area (Å²) >= 11 is 6.46. The number of carbonyl (C=O) groups excluding carboxylic acids is 1. The van der Waals surface area contributed by atoms with Crippen molar-refractivity contribution >= 4 is 46.1 Å². The van der Waals surface area contributed by atoms with E-state index in [2.05, 4.69) is 15.3 Å². The first-order valence-electron chi connectivity index (χ1n) is 12.1. The maximum atomic E-state index is 13.4. The summed E-state index contributed by atoms with van der Waals surface area (Å²) < 4.78 is 30.0. The molecule has 0 aliphatic carbocycles. The normalized spacial score (nSPS) is 11.2. The van der Waals surface area contributed by atoms with Gasteiger partial charge in [-0.25, -0.2) is 19.2 Å². The SMILES string of the molecule is CCOC(=O)/C=C/c1ccc(-c2ccc3ncnc(Nc4ccc(OCc5cccc(F)c5)c(Cl)c4)c3c2)o1. The molecule has 5 aromatic rings. The molecule has 0 fully saturated rings. The van der Waals surface area contributed by atoms with Gasteiger partial charge in [-0.15, -0.1) is 0 Å². The summed E-state index contributed by atoms with van der Waals surface area (Å²) in [5, 5.41) is 4.46. The maximum Gasteiger partial charge on any atom is 0.330 e. The van der Waals surface area contributed by atoms with Gasteiger partial charge in [0, 0.05) is 22.7 Å². The minimum atomic E-state index is -0.430. The first-order valence-corrected chi connectivity index (χ1v) is 12.5. The number of carbonyl (C=O) groups is 1. The Morgan fingerprint density at radius 1 is 1.08 bits per heavy atom. The van der Waals surface area contributed by atoms with Gasteiger partial charge in [0.1, 0.15) is 41.8 Å². The van der Waals surface area contributed by atoms with Crippen molar-refractivity contribution in [2.45, 2.75) is 13.5 Å². The number of nitrogens with one attached hydrogen (secondary N) is 1. The van der Waals surface area contributed by atoms with Crippen LogP contribution in [0.25, 0.3) is 28.3 Å². The summed E-state index contributed by atoms with van der Waals surface area (Å²) in [5.41, 5.74) is 2.96. The van der Waals surface area contributed by atoms with Crippen LogP contribution in [0.3, 0.4) is 0 Å². The van der Waals surface area contributed by atoms with Gasteiger partial charge in [-0.1, -0.05) is 23.7 Å². The highest BCUT2D eigenvalue weighted by Gasteiger charge is 2.11. The fourth-order valence-corrected chi connectivity index (χ4v) is 4.10. The van der Waals surface area contributed by atoms with Crippen LogP contribution >= 0.6 is 11.6 Å². The molecule has 39 heavy (non-hydrogen) atoms. The number of anilines is 2. The van der Waals surface area contributed by atoms with Crippen molar-refractivity contribution in [2.75, 3.05) is 11.9 Å². The number of halogens is 2. The Kier molecular flexibility index (Phi) is 7.84. The Balaban J connectivity index is 1.34. The highest BCUT2D eigenvalue weighted by molar-refractivity contribution is 6.32. The number of ether oxygens (including phenoxy) is 2. The lowest BCUT2D eigenvalue weighted by Crippen LogP contribution is -1.99. The van der Waals surface area contributed by atoms with Crippen molar-refractivity contribution in [2.24, 2.45) is 0 Å². The molecule has 0 bridgehead atoms. The van der Waals surface area contributed by atoms with E-state index in [4.69, 9.17) is 25.5 Å². The van der Waals surface area contributed by atoms with Crippen molar-refractivity contribution in [3.63, 3.8) is 0 Å². The van der Waals surface area contributed by atoms with Crippen molar-refractivity contribution in [3.05, 3.63) is 107 Å². The van der Waals surface area contributed by atoms with Crippen molar-refractivity contribution in [1.29, 1.82) is 0 Å². The van der Waals surface area contributed by atoms with Crippen molar-refractivity contribution in [1.82, 2.24) is 9.97 Å². The Labute approximate surface area is 228 Å². The zero-order valence-electron chi connectivity index (χ0n) is 20.9. The molecule has 2 aromatic heterocycles. The van der Waals surface area contributed by atoms with Crippen LogP contribution in [-0.2, 0) is 16.1 Å². The van der Waals surface area contributed by atoms with E-state index in [0.717, 1.165) is 16.5 Å². The van der Waals surface area contributed by atoms with Crippen LogP contribution in [0.4, 0.5) is 15.9 Å². The number of benzene rings is 3. The smallest absolute Gasteiger partial charge is 0.330 e. The first-order chi connectivity index (χ1) is 19.0. The molecule has 1 N–H and O–H groups in total. The molecule has 0 spiro atoms. The third-order valence-electron chi connectivity index (χ3n) is 5.69. The molecule has 9 heteroatoms. The number of furan rings is 1. The number of aromatic nitrogens is 2. The van der Waals surface area contributed by atoms with Gasteiger partial charge in [0.05, 0.1) is 17.1 Å². The fourth-order valence-electron chi connectivity index (χ4n) is 3.87. The molecule has 2 heterocycles. The second kappa shape index (κ2) is 11.8. The minimum Gasteiger partial charge on any atom is -0.487 e. The minimum absolute atomic E-state index is 0.191. The van der Waals surface area contributed by atoms with Crippen LogP contribution in [0, 0.1) is 5.82 Å². The molecule has 196 valence electrons. The molecule has 0 unspecified atom stereocenters. The van der Waals surface area contributed by atoms with Gasteiger partial charge in [-0.05, 0) is 79.2 Å². The topological polar surface area (TPSA) is 86.5 Å². The molecule has 0 amide bonds. The average Bonchev–Trinajstić information content (AvgIpc) is 3.41. The van der Waals surface area contributed by atoms with Gasteiger partial charge in [0.2, 0.25) is 0 Å². The van der Waals surface area contributed by atoms with Crippen LogP contribution in [-0.4, -0.2) is 22.5 Å². The van der Waals surface area contributed by atoms with Crippen LogP contribution in [0.5, 0.6) is 5.75 Å². The summed E-state index contributed by atoms with van der Waals surface area (Å²) in [7, 11) is 0. The molecule has 0 radical (unpaired) electrons. The molecule has 0 aliphatic heterocycles. The summed E-state index contributed by atoms with van der Waals surface area (Å²) in [5.74, 6) is 1.46. The van der Waals surface area contributed by atoms with Crippen LogP contribution in [0.1, 0.15) is 18.2 Å². The van der Waals surface area contributed by atoms with E-state index in [1.165, 1.54) is 24.5 Å². The Morgan fingerprint density at radius 3 is 2.79 bits per heavy atom. The molecule has 5 rings (SSSR count). The number of esters is 1. The highest BCUT2D eigenvalue weighted by atomic mass is 35.5. The average molecular weight is 544 g/mol. The maximum absolute atomic E-state index is 13.4. The molecule has 0 saturated heterocycles. The summed E-state index contributed by atoms with van der Waals surface area (Å²) in [6.45, 7) is 2.25. The van der Waals surface area contributed by atoms with Crippen molar-refractivity contribution < 1.29 is 23.1 Å². The van der Waals surface area contributed by atoms with Crippen LogP contribution < -0.4 is 10.1 Å². The predicted octanol–water partition coefficient (Wildman–Crippen LogP) is 7.58. The molecular weight excluding hydrogens is 521 g/mol. The molecule has 7 nitrogen and oxygen atoms in total. The predicted molar refractivity (Wildman–Crippen MR) is 148 cm³/mol. The van der Waals surface area contributed by atoms with E-state index in [1.54, 1.807) is 43.3 Å². The van der Waals surface area contributed by atoms with Crippen LogP contribution in [0.15, 0.2) is 89.6 Å². The number of nitrogens with zero attached hydrogens (tertiary/aromatic N) is 2. The Morgan fingerprint density at radius 2 is 1.97 bits per heavy atom. The standard InChI is InChI=1S/C30H23ClFN3O4/c1-2-37-29(36)13-9-23-8-12-27(39-23)20-6-10-26-24(15-20)30(34-18-33-26)35-22-7-11-28(25(31)16-22)38-17-19-4-3-5-21(32)14-19/h3-16,18H,2,17H2,1H3,(H,33,34,35)/b13-9+. The molecule has 0 aliphatic rings. The zero-order chi connectivity index (χ0) is 27.2. The first kappa shape index (κ1) is 25.9.